The largest absolute Gasteiger partial charge is 0.507 e. The number of carbonyl (C=O) groups excluding carboxylic acids is 1. The summed E-state index contributed by atoms with van der Waals surface area (Å²) >= 11 is 0. The molecule has 1 fully saturated rings. The van der Waals surface area contributed by atoms with Crippen LogP contribution in [0.4, 0.5) is 4.39 Å². The van der Waals surface area contributed by atoms with Gasteiger partial charge in [-0.2, -0.15) is 0 Å². The van der Waals surface area contributed by atoms with Crippen LogP contribution in [0, 0.1) is 17.7 Å². The van der Waals surface area contributed by atoms with Crippen molar-refractivity contribution in [1.82, 2.24) is 4.90 Å². The van der Waals surface area contributed by atoms with Crippen molar-refractivity contribution in [1.29, 1.82) is 0 Å². The van der Waals surface area contributed by atoms with E-state index in [-0.39, 0.29) is 11.3 Å². The molecule has 1 aromatic carbocycles. The summed E-state index contributed by atoms with van der Waals surface area (Å²) in [5.41, 5.74) is -0.233. The number of halogens is 1. The predicted octanol–water partition coefficient (Wildman–Crippen LogP) is 2.26. The minimum Gasteiger partial charge on any atom is -0.507 e. The van der Waals surface area contributed by atoms with Gasteiger partial charge in [-0.05, 0) is 30.4 Å². The summed E-state index contributed by atoms with van der Waals surface area (Å²) in [6.07, 6.45) is 1.11. The second kappa shape index (κ2) is 4.35. The summed E-state index contributed by atoms with van der Waals surface area (Å²) in [5.74, 6) is -0.284. The second-order valence-corrected chi connectivity index (χ2v) is 4.79. The zero-order valence-corrected chi connectivity index (χ0v) is 9.98. The van der Waals surface area contributed by atoms with Gasteiger partial charge in [0.2, 0.25) is 0 Å². The molecule has 2 unspecified atom stereocenters. The van der Waals surface area contributed by atoms with E-state index in [9.17, 15) is 14.3 Å². The van der Waals surface area contributed by atoms with Gasteiger partial charge in [0.15, 0.2) is 0 Å². The third kappa shape index (κ3) is 2.40. The lowest BCUT2D eigenvalue weighted by atomic mass is 10.1. The van der Waals surface area contributed by atoms with Crippen LogP contribution >= 0.6 is 0 Å². The Morgan fingerprint density at radius 3 is 2.76 bits per heavy atom. The molecular formula is C13H16FNO2. The lowest BCUT2D eigenvalue weighted by molar-refractivity contribution is 0.0779. The summed E-state index contributed by atoms with van der Waals surface area (Å²) < 4.78 is 13.5. The van der Waals surface area contributed by atoms with Gasteiger partial charge in [0, 0.05) is 13.6 Å². The van der Waals surface area contributed by atoms with E-state index in [0.717, 1.165) is 6.42 Å². The molecule has 1 N–H and O–H groups in total. The summed E-state index contributed by atoms with van der Waals surface area (Å²) in [7, 11) is 1.64. The molecule has 1 aliphatic carbocycles. The van der Waals surface area contributed by atoms with Crippen LogP contribution in [0.15, 0.2) is 18.2 Å². The summed E-state index contributed by atoms with van der Waals surface area (Å²) in [6, 6.07) is 3.88. The molecule has 0 radical (unpaired) electrons. The van der Waals surface area contributed by atoms with Crippen molar-refractivity contribution < 1.29 is 14.3 Å². The highest BCUT2D eigenvalue weighted by Crippen LogP contribution is 2.38. The van der Waals surface area contributed by atoms with Crippen molar-refractivity contribution in [2.24, 2.45) is 11.8 Å². The molecule has 0 aromatic heterocycles. The minimum absolute atomic E-state index is 0.233. The zero-order valence-electron chi connectivity index (χ0n) is 9.98. The third-order valence-electron chi connectivity index (χ3n) is 3.34. The number of carbonyl (C=O) groups is 1. The standard InChI is InChI=1S/C13H16FNO2/c1-8-6-9(8)7-15(2)13(17)12-10(14)4-3-5-11(12)16/h3-5,8-9,16H,6-7H2,1-2H3. The van der Waals surface area contributed by atoms with Gasteiger partial charge >= 0.3 is 0 Å². The lowest BCUT2D eigenvalue weighted by Gasteiger charge is -2.18. The molecule has 3 nitrogen and oxygen atoms in total. The Hall–Kier alpha value is -1.58. The maximum absolute atomic E-state index is 13.5. The van der Waals surface area contributed by atoms with Crippen LogP contribution < -0.4 is 0 Å². The minimum atomic E-state index is -0.675. The fourth-order valence-electron chi connectivity index (χ4n) is 2.00. The highest BCUT2D eigenvalue weighted by molar-refractivity contribution is 5.96. The predicted molar refractivity (Wildman–Crippen MR) is 62.3 cm³/mol. The molecule has 0 bridgehead atoms. The van der Waals surface area contributed by atoms with Crippen molar-refractivity contribution in [3.63, 3.8) is 0 Å². The van der Waals surface area contributed by atoms with E-state index in [1.807, 2.05) is 0 Å². The molecule has 0 spiro atoms. The van der Waals surface area contributed by atoms with E-state index in [0.29, 0.717) is 18.4 Å². The molecule has 92 valence electrons. The maximum Gasteiger partial charge on any atom is 0.260 e. The van der Waals surface area contributed by atoms with E-state index in [2.05, 4.69) is 6.92 Å². The summed E-state index contributed by atoms with van der Waals surface area (Å²) in [4.78, 5) is 13.5. The van der Waals surface area contributed by atoms with E-state index in [1.165, 1.54) is 23.1 Å². The number of phenolic OH excluding ortho intramolecular Hbond substituents is 1. The van der Waals surface area contributed by atoms with E-state index in [4.69, 9.17) is 0 Å². The number of phenols is 1. The highest BCUT2D eigenvalue weighted by atomic mass is 19.1. The molecule has 2 atom stereocenters. The van der Waals surface area contributed by atoms with Gasteiger partial charge in [-0.3, -0.25) is 4.79 Å². The molecular weight excluding hydrogens is 221 g/mol. The third-order valence-corrected chi connectivity index (χ3v) is 3.34. The Bertz CT molecular complexity index is 427. The van der Waals surface area contributed by atoms with Crippen molar-refractivity contribution in [3.8, 4) is 5.75 Å². The number of benzene rings is 1. The fraction of sp³-hybridized carbons (Fsp3) is 0.462. The Morgan fingerprint density at radius 2 is 2.24 bits per heavy atom. The van der Waals surface area contributed by atoms with Gasteiger partial charge in [-0.15, -0.1) is 0 Å². The first-order valence-electron chi connectivity index (χ1n) is 5.73. The number of aromatic hydroxyl groups is 1. The van der Waals surface area contributed by atoms with Gasteiger partial charge in [-0.25, -0.2) is 4.39 Å². The molecule has 17 heavy (non-hydrogen) atoms. The average molecular weight is 237 g/mol. The number of amides is 1. The smallest absolute Gasteiger partial charge is 0.260 e. The van der Waals surface area contributed by atoms with E-state index in [1.54, 1.807) is 7.05 Å². The molecule has 0 heterocycles. The summed E-state index contributed by atoms with van der Waals surface area (Å²) in [5, 5.41) is 9.52. The monoisotopic (exact) mass is 237 g/mol. The van der Waals surface area contributed by atoms with Crippen molar-refractivity contribution in [3.05, 3.63) is 29.6 Å². The van der Waals surface area contributed by atoms with Crippen LogP contribution in [0.25, 0.3) is 0 Å². The molecule has 1 saturated carbocycles. The normalized spacial score (nSPS) is 22.3. The number of hydrogen-bond donors (Lipinski definition) is 1. The maximum atomic E-state index is 13.5. The van der Waals surface area contributed by atoms with Crippen LogP contribution in [-0.2, 0) is 0 Å². The lowest BCUT2D eigenvalue weighted by Crippen LogP contribution is -2.29. The first-order valence-corrected chi connectivity index (χ1v) is 5.73. The topological polar surface area (TPSA) is 40.5 Å². The van der Waals surface area contributed by atoms with Gasteiger partial charge in [0.05, 0.1) is 0 Å². The second-order valence-electron chi connectivity index (χ2n) is 4.79. The highest BCUT2D eigenvalue weighted by Gasteiger charge is 2.34. The van der Waals surface area contributed by atoms with Crippen molar-refractivity contribution >= 4 is 5.91 Å². The van der Waals surface area contributed by atoms with Gasteiger partial charge in [0.1, 0.15) is 17.1 Å². The molecule has 1 aliphatic rings. The van der Waals surface area contributed by atoms with Crippen LogP contribution in [-0.4, -0.2) is 29.5 Å². The number of hydrogen-bond acceptors (Lipinski definition) is 2. The Morgan fingerprint density at radius 1 is 1.59 bits per heavy atom. The van der Waals surface area contributed by atoms with Crippen LogP contribution in [0.1, 0.15) is 23.7 Å². The SMILES string of the molecule is CC1CC1CN(C)C(=O)c1c(O)cccc1F. The Balaban J connectivity index is 2.13. The van der Waals surface area contributed by atoms with Crippen LogP contribution in [0.3, 0.4) is 0 Å². The molecule has 1 aromatic rings. The molecule has 4 heteroatoms. The number of nitrogens with zero attached hydrogens (tertiary/aromatic N) is 1. The molecule has 2 rings (SSSR count). The number of rotatable bonds is 3. The van der Waals surface area contributed by atoms with Crippen LogP contribution in [0.5, 0.6) is 5.75 Å². The molecule has 0 aliphatic heterocycles. The quantitative estimate of drug-likeness (QED) is 0.876. The van der Waals surface area contributed by atoms with E-state index >= 15 is 0 Å². The molecule has 1 amide bonds. The molecule has 0 saturated heterocycles. The zero-order chi connectivity index (χ0) is 12.6. The first-order chi connectivity index (χ1) is 8.00. The van der Waals surface area contributed by atoms with Crippen LogP contribution in [0.2, 0.25) is 0 Å². The van der Waals surface area contributed by atoms with Crippen molar-refractivity contribution in [2.45, 2.75) is 13.3 Å². The van der Waals surface area contributed by atoms with Gasteiger partial charge < -0.3 is 10.0 Å². The van der Waals surface area contributed by atoms with Gasteiger partial charge in [-0.1, -0.05) is 13.0 Å². The van der Waals surface area contributed by atoms with E-state index < -0.39 is 11.7 Å². The Labute approximate surface area is 99.9 Å². The van der Waals surface area contributed by atoms with Gasteiger partial charge in [0.25, 0.3) is 5.91 Å². The first kappa shape index (κ1) is 11.9. The van der Waals surface area contributed by atoms with Crippen molar-refractivity contribution in [2.75, 3.05) is 13.6 Å². The average Bonchev–Trinajstić information content (AvgIpc) is 2.93. The fourth-order valence-corrected chi connectivity index (χ4v) is 2.00. The summed E-state index contributed by atoms with van der Waals surface area (Å²) in [6.45, 7) is 2.75. The Kier molecular flexibility index (Phi) is 3.05.